The molecule has 3 aliphatic heterocycles. The van der Waals surface area contributed by atoms with Crippen LogP contribution < -0.4 is 0 Å². The van der Waals surface area contributed by atoms with Gasteiger partial charge in [0.1, 0.15) is 73.2 Å². The van der Waals surface area contributed by atoms with Gasteiger partial charge in [-0.1, -0.05) is 53.2 Å². The van der Waals surface area contributed by atoms with Gasteiger partial charge in [0.2, 0.25) is 6.29 Å². The van der Waals surface area contributed by atoms with Crippen LogP contribution in [0.4, 0.5) is 0 Å². The number of allylic oxidation sites excluding steroid dienone is 2. The number of esters is 1. The van der Waals surface area contributed by atoms with E-state index in [2.05, 4.69) is 40.7 Å². The number of aliphatic hydroxyl groups excluding tert-OH is 12. The van der Waals surface area contributed by atoms with Crippen LogP contribution in [0.15, 0.2) is 11.6 Å². The Morgan fingerprint density at radius 2 is 1.16 bits per heavy atom. The predicted octanol–water partition coefficient (Wildman–Crippen LogP) is -0.887. The Bertz CT molecular complexity index is 1810. The molecule has 12 N–H and O–H groups in total. The normalized spacial score (nSPS) is 54.1. The van der Waals surface area contributed by atoms with Gasteiger partial charge in [0.05, 0.1) is 37.9 Å². The zero-order chi connectivity index (χ0) is 49.0. The highest BCUT2D eigenvalue weighted by atomic mass is 16.8. The molecular weight excluding hydrogens is 881 g/mol. The molecule has 384 valence electrons. The zero-order valence-corrected chi connectivity index (χ0v) is 39.7. The van der Waals surface area contributed by atoms with Crippen molar-refractivity contribution in [2.75, 3.05) is 26.4 Å². The molecule has 0 aromatic carbocycles. The molecule has 0 radical (unpaired) electrons. The highest BCUT2D eigenvalue weighted by Gasteiger charge is 2.70. The Morgan fingerprint density at radius 3 is 1.76 bits per heavy atom. The maximum absolute atomic E-state index is 14.7. The number of hydrogen-bond donors (Lipinski definition) is 12. The summed E-state index contributed by atoms with van der Waals surface area (Å²) in [5.74, 6) is -0.640. The number of carbonyl (C=O) groups excluding carboxylic acids is 1. The van der Waals surface area contributed by atoms with E-state index in [1.54, 1.807) is 0 Å². The van der Waals surface area contributed by atoms with Gasteiger partial charge in [-0.05, 0) is 104 Å². The molecule has 19 heteroatoms. The zero-order valence-electron chi connectivity index (χ0n) is 39.7. The van der Waals surface area contributed by atoms with Gasteiger partial charge in [-0.3, -0.25) is 4.79 Å². The summed E-state index contributed by atoms with van der Waals surface area (Å²) in [6.45, 7) is 11.2. The summed E-state index contributed by atoms with van der Waals surface area (Å²) in [7, 11) is 0. The number of ether oxygens (including phenoxy) is 6. The molecule has 8 aliphatic rings. The van der Waals surface area contributed by atoms with E-state index < -0.39 is 135 Å². The molecule has 5 aliphatic carbocycles. The number of fused-ring (bicyclic) bond motifs is 7. The third-order valence-electron chi connectivity index (χ3n) is 19.5. The Kier molecular flexibility index (Phi) is 14.4. The van der Waals surface area contributed by atoms with Gasteiger partial charge >= 0.3 is 5.97 Å². The summed E-state index contributed by atoms with van der Waals surface area (Å²) >= 11 is 0. The molecule has 0 aromatic heterocycles. The first-order valence-corrected chi connectivity index (χ1v) is 24.5. The number of hydrogen-bond acceptors (Lipinski definition) is 19. The average Bonchev–Trinajstić information content (AvgIpc) is 3.29. The first-order valence-electron chi connectivity index (χ1n) is 24.5. The van der Waals surface area contributed by atoms with Crippen molar-refractivity contribution in [3.63, 3.8) is 0 Å². The Balaban J connectivity index is 1.06. The molecule has 8 rings (SSSR count). The summed E-state index contributed by atoms with van der Waals surface area (Å²) in [6.07, 6.45) is -15.4. The number of aliphatic hydroxyl groups is 12. The molecule has 24 atom stereocenters. The van der Waals surface area contributed by atoms with Crippen LogP contribution in [0.1, 0.15) is 106 Å². The lowest BCUT2D eigenvalue weighted by molar-refractivity contribution is -0.379. The van der Waals surface area contributed by atoms with Crippen LogP contribution in [-0.4, -0.2) is 192 Å². The van der Waals surface area contributed by atoms with Gasteiger partial charge in [-0.15, -0.1) is 0 Å². The minimum Gasteiger partial charge on any atom is -0.432 e. The summed E-state index contributed by atoms with van der Waals surface area (Å²) in [5.41, 5.74) is -1.56. The van der Waals surface area contributed by atoms with E-state index in [0.717, 1.165) is 32.1 Å². The lowest BCUT2D eigenvalue weighted by Crippen LogP contribution is -2.68. The van der Waals surface area contributed by atoms with Crippen molar-refractivity contribution in [1.82, 2.24) is 0 Å². The van der Waals surface area contributed by atoms with Crippen LogP contribution in [0.3, 0.4) is 0 Å². The molecular formula is C48H78O19. The SMILES string of the molecule is CC1(C)CCC2(C(=O)O[C@@H]3O[C@H](CO)[C@@H](O)[C@H](O)[C@H]3O)CC[C@]3(C)C(=CCC4[C@@]5(C)CCC(O[C@@H]6O[C@H](CO)[C@H](O)[C@H](O)[C@H]6O[C@@H]6O[C@H](CO)[C@@H](O)[C@H](O)[C@H]6O)[C@@](C)(CO)C5CC[C@]43C)C2C1. The van der Waals surface area contributed by atoms with E-state index in [4.69, 9.17) is 28.4 Å². The number of carbonyl (C=O) groups is 1. The van der Waals surface area contributed by atoms with Crippen molar-refractivity contribution >= 4 is 5.97 Å². The second-order valence-electron chi connectivity index (χ2n) is 23.3. The lowest BCUT2D eigenvalue weighted by atomic mass is 9.33. The van der Waals surface area contributed by atoms with Crippen LogP contribution in [0.5, 0.6) is 0 Å². The fourth-order valence-electron chi connectivity index (χ4n) is 15.0. The van der Waals surface area contributed by atoms with Gasteiger partial charge in [-0.2, -0.15) is 0 Å². The lowest BCUT2D eigenvalue weighted by Gasteiger charge is -2.71. The molecule has 3 saturated heterocycles. The highest BCUT2D eigenvalue weighted by molar-refractivity contribution is 5.79. The van der Waals surface area contributed by atoms with Crippen LogP contribution in [0, 0.1) is 50.2 Å². The van der Waals surface area contributed by atoms with Crippen molar-refractivity contribution in [1.29, 1.82) is 0 Å². The molecule has 0 spiro atoms. The van der Waals surface area contributed by atoms with E-state index in [9.17, 15) is 66.1 Å². The predicted molar refractivity (Wildman–Crippen MR) is 232 cm³/mol. The third-order valence-corrected chi connectivity index (χ3v) is 19.5. The van der Waals surface area contributed by atoms with Gasteiger partial charge < -0.3 is 89.7 Å². The maximum Gasteiger partial charge on any atom is 0.315 e. The molecule has 3 heterocycles. The summed E-state index contributed by atoms with van der Waals surface area (Å²) in [5, 5.41) is 127. The standard InChI is InChI=1S/C48H78O19/c1-43(2)13-15-48(42(61)67-40-37(60)34(57)31(54)25(19-50)63-40)16-14-46(5)22(23(48)17-43)7-8-28-44(3)11-10-29(45(4,21-52)27(44)9-12-47(28,46)6)65-41-38(35(58)32(55)26(20-51)64-41)66-39-36(59)33(56)30(53)24(18-49)62-39/h7,23-41,49-60H,8-21H2,1-6H3/t23?,24-,25-,26-,27?,28?,29?,30-,31-,32+,33+,34+,35+,36-,37-,38-,39+,40+,41+,44+,45+,46-,47-,48?/m1/s1. The number of rotatable bonds is 10. The van der Waals surface area contributed by atoms with Crippen molar-refractivity contribution in [2.45, 2.75) is 204 Å². The quantitative estimate of drug-likeness (QED) is 0.0718. The second-order valence-corrected chi connectivity index (χ2v) is 23.3. The largest absolute Gasteiger partial charge is 0.432 e. The van der Waals surface area contributed by atoms with Gasteiger partial charge in [0.15, 0.2) is 12.6 Å². The Hall–Kier alpha value is -1.47. The molecule has 0 aromatic rings. The first-order chi connectivity index (χ1) is 31.4. The minimum atomic E-state index is -1.82. The Morgan fingerprint density at radius 1 is 0.612 bits per heavy atom. The van der Waals surface area contributed by atoms with E-state index in [-0.39, 0.29) is 46.0 Å². The van der Waals surface area contributed by atoms with E-state index >= 15 is 0 Å². The smallest absolute Gasteiger partial charge is 0.315 e. The van der Waals surface area contributed by atoms with Crippen molar-refractivity contribution in [3.8, 4) is 0 Å². The fourth-order valence-corrected chi connectivity index (χ4v) is 15.0. The van der Waals surface area contributed by atoms with Crippen LogP contribution >= 0.6 is 0 Å². The van der Waals surface area contributed by atoms with Gasteiger partial charge in [0, 0.05) is 5.41 Å². The molecule has 5 unspecified atom stereocenters. The van der Waals surface area contributed by atoms with E-state index in [1.165, 1.54) is 5.57 Å². The molecule has 0 bridgehead atoms. The van der Waals surface area contributed by atoms with E-state index in [1.807, 2.05) is 6.92 Å². The van der Waals surface area contributed by atoms with Crippen molar-refractivity contribution < 1.29 is 94.5 Å². The monoisotopic (exact) mass is 959 g/mol. The van der Waals surface area contributed by atoms with Crippen molar-refractivity contribution in [2.24, 2.45) is 50.2 Å². The summed E-state index contributed by atoms with van der Waals surface area (Å²) in [4.78, 5) is 14.7. The fraction of sp³-hybridized carbons (Fsp3) is 0.938. The topological polar surface area (TPSA) is 315 Å². The van der Waals surface area contributed by atoms with Crippen LogP contribution in [0.2, 0.25) is 0 Å². The average molecular weight is 959 g/mol. The third kappa shape index (κ3) is 8.10. The van der Waals surface area contributed by atoms with Crippen LogP contribution in [-0.2, 0) is 33.2 Å². The van der Waals surface area contributed by atoms with Crippen LogP contribution in [0.25, 0.3) is 0 Å². The van der Waals surface area contributed by atoms with Gasteiger partial charge in [-0.25, -0.2) is 0 Å². The minimum absolute atomic E-state index is 0.0808. The highest BCUT2D eigenvalue weighted by Crippen LogP contribution is 2.76. The second kappa shape index (κ2) is 18.5. The van der Waals surface area contributed by atoms with Crippen molar-refractivity contribution in [3.05, 3.63) is 11.6 Å². The first kappa shape index (κ1) is 51.9. The molecule has 0 amide bonds. The summed E-state index contributed by atoms with van der Waals surface area (Å²) in [6, 6.07) is 0. The molecule has 4 saturated carbocycles. The molecule has 7 fully saturated rings. The maximum atomic E-state index is 14.7. The van der Waals surface area contributed by atoms with Gasteiger partial charge in [0.25, 0.3) is 0 Å². The Labute approximate surface area is 392 Å². The van der Waals surface area contributed by atoms with E-state index in [0.29, 0.717) is 32.1 Å². The molecule has 19 nitrogen and oxygen atoms in total. The summed E-state index contributed by atoms with van der Waals surface area (Å²) < 4.78 is 36.0. The molecule has 67 heavy (non-hydrogen) atoms.